The van der Waals surface area contributed by atoms with Gasteiger partial charge in [0.05, 0.1) is 2.88 Å². The lowest BCUT2D eigenvalue weighted by Gasteiger charge is -2.01. The van der Waals surface area contributed by atoms with E-state index in [-0.39, 0.29) is 5.78 Å². The van der Waals surface area contributed by atoms with Crippen LogP contribution >= 0.6 is 33.9 Å². The lowest BCUT2D eigenvalue weighted by molar-refractivity contribution is 0.103. The minimum absolute atomic E-state index is 0.0553. The second-order valence-electron chi connectivity index (χ2n) is 3.16. The molecule has 0 aliphatic rings. The molecule has 0 fully saturated rings. The van der Waals surface area contributed by atoms with Gasteiger partial charge in [-0.05, 0) is 47.2 Å². The average molecular weight is 329 g/mol. The highest BCUT2D eigenvalue weighted by molar-refractivity contribution is 14.1. The summed E-state index contributed by atoms with van der Waals surface area (Å²) in [4.78, 5) is 16.0. The van der Waals surface area contributed by atoms with Crippen molar-refractivity contribution in [2.75, 3.05) is 0 Å². The van der Waals surface area contributed by atoms with Gasteiger partial charge >= 0.3 is 0 Å². The number of aryl methyl sites for hydroxylation is 1. The van der Waals surface area contributed by atoms with E-state index in [0.717, 1.165) is 14.0 Å². The maximum atomic E-state index is 12.0. The average Bonchev–Trinajstić information content (AvgIpc) is 2.65. The van der Waals surface area contributed by atoms with E-state index >= 15 is 0 Å². The van der Waals surface area contributed by atoms with Crippen LogP contribution in [0.3, 0.4) is 0 Å². The summed E-state index contributed by atoms with van der Waals surface area (Å²) in [5.74, 6) is 0.0553. The van der Waals surface area contributed by atoms with Crippen molar-refractivity contribution in [1.29, 1.82) is 0 Å². The number of carbonyl (C=O) groups excluding carboxylic acids is 1. The Balaban J connectivity index is 2.41. The largest absolute Gasteiger partial charge is 0.289 e. The molecule has 0 amide bonds. The zero-order valence-electron chi connectivity index (χ0n) is 8.03. The van der Waals surface area contributed by atoms with Crippen molar-refractivity contribution in [1.82, 2.24) is 4.98 Å². The Morgan fingerprint density at radius 2 is 2.33 bits per heavy atom. The van der Waals surface area contributed by atoms with Gasteiger partial charge in [0.1, 0.15) is 0 Å². The van der Waals surface area contributed by atoms with E-state index in [1.807, 2.05) is 24.4 Å². The van der Waals surface area contributed by atoms with Gasteiger partial charge in [-0.3, -0.25) is 9.78 Å². The minimum atomic E-state index is 0.0553. The SMILES string of the molecule is Cc1ccncc1C(=O)c1csc(I)c1. The van der Waals surface area contributed by atoms with Gasteiger partial charge in [-0.25, -0.2) is 0 Å². The molecule has 2 aromatic rings. The Bertz CT molecular complexity index is 507. The van der Waals surface area contributed by atoms with E-state index < -0.39 is 0 Å². The number of carbonyl (C=O) groups is 1. The normalized spacial score (nSPS) is 10.3. The lowest BCUT2D eigenvalue weighted by atomic mass is 10.0. The molecule has 76 valence electrons. The number of thiophene rings is 1. The molecule has 0 radical (unpaired) electrons. The van der Waals surface area contributed by atoms with Gasteiger partial charge in [0, 0.05) is 28.9 Å². The fraction of sp³-hybridized carbons (Fsp3) is 0.0909. The molecule has 15 heavy (non-hydrogen) atoms. The standard InChI is InChI=1S/C11H8INOS/c1-7-2-3-13-5-9(7)11(14)8-4-10(12)15-6-8/h2-6H,1H3. The van der Waals surface area contributed by atoms with Gasteiger partial charge in [-0.1, -0.05) is 0 Å². The van der Waals surface area contributed by atoms with Crippen LogP contribution in [-0.2, 0) is 0 Å². The molecule has 2 rings (SSSR count). The van der Waals surface area contributed by atoms with Crippen molar-refractivity contribution >= 4 is 39.7 Å². The number of nitrogens with zero attached hydrogens (tertiary/aromatic N) is 1. The molecule has 2 aromatic heterocycles. The molecule has 2 heterocycles. The van der Waals surface area contributed by atoms with Crippen LogP contribution in [0.25, 0.3) is 0 Å². The van der Waals surface area contributed by atoms with Crippen LogP contribution in [0.5, 0.6) is 0 Å². The Morgan fingerprint density at radius 1 is 1.53 bits per heavy atom. The first-order chi connectivity index (χ1) is 7.18. The lowest BCUT2D eigenvalue weighted by Crippen LogP contribution is -2.02. The molecule has 0 aliphatic carbocycles. The first kappa shape index (κ1) is 10.8. The molecular weight excluding hydrogens is 321 g/mol. The summed E-state index contributed by atoms with van der Waals surface area (Å²) in [5, 5.41) is 1.89. The van der Waals surface area contributed by atoms with Crippen molar-refractivity contribution in [3.05, 3.63) is 49.5 Å². The first-order valence-electron chi connectivity index (χ1n) is 4.38. The van der Waals surface area contributed by atoms with Crippen LogP contribution in [-0.4, -0.2) is 10.8 Å². The predicted octanol–water partition coefficient (Wildman–Crippen LogP) is 3.29. The molecule has 0 aromatic carbocycles. The number of aromatic nitrogens is 1. The van der Waals surface area contributed by atoms with E-state index in [9.17, 15) is 4.79 Å². The number of ketones is 1. The van der Waals surface area contributed by atoms with Crippen LogP contribution < -0.4 is 0 Å². The summed E-state index contributed by atoms with van der Waals surface area (Å²) in [6.07, 6.45) is 3.33. The van der Waals surface area contributed by atoms with Crippen molar-refractivity contribution in [2.45, 2.75) is 6.92 Å². The Kier molecular flexibility index (Phi) is 3.16. The van der Waals surface area contributed by atoms with Crippen LogP contribution in [0.15, 0.2) is 29.9 Å². The van der Waals surface area contributed by atoms with Gasteiger partial charge < -0.3 is 0 Å². The highest BCUT2D eigenvalue weighted by Crippen LogP contribution is 2.20. The number of hydrogen-bond acceptors (Lipinski definition) is 3. The fourth-order valence-corrected chi connectivity index (χ4v) is 2.61. The van der Waals surface area contributed by atoms with E-state index in [2.05, 4.69) is 27.6 Å². The monoisotopic (exact) mass is 329 g/mol. The van der Waals surface area contributed by atoms with Gasteiger partial charge in [0.25, 0.3) is 0 Å². The van der Waals surface area contributed by atoms with E-state index in [0.29, 0.717) is 5.56 Å². The third kappa shape index (κ3) is 2.26. The number of halogens is 1. The maximum absolute atomic E-state index is 12.0. The third-order valence-electron chi connectivity index (χ3n) is 2.11. The Morgan fingerprint density at radius 3 is 2.93 bits per heavy atom. The number of rotatable bonds is 2. The Hall–Kier alpha value is -0.750. The number of hydrogen-bond donors (Lipinski definition) is 0. The van der Waals surface area contributed by atoms with E-state index in [4.69, 9.17) is 0 Å². The fourth-order valence-electron chi connectivity index (χ4n) is 1.29. The van der Waals surface area contributed by atoms with Crippen LogP contribution in [0, 0.1) is 9.81 Å². The molecule has 0 saturated carbocycles. The van der Waals surface area contributed by atoms with E-state index in [1.165, 1.54) is 0 Å². The molecule has 4 heteroatoms. The van der Waals surface area contributed by atoms with Crippen molar-refractivity contribution in [3.63, 3.8) is 0 Å². The minimum Gasteiger partial charge on any atom is -0.289 e. The zero-order chi connectivity index (χ0) is 10.8. The zero-order valence-corrected chi connectivity index (χ0v) is 11.0. The topological polar surface area (TPSA) is 30.0 Å². The maximum Gasteiger partial charge on any atom is 0.195 e. The molecule has 0 bridgehead atoms. The quantitative estimate of drug-likeness (QED) is 0.625. The van der Waals surface area contributed by atoms with Crippen molar-refractivity contribution in [3.8, 4) is 0 Å². The smallest absolute Gasteiger partial charge is 0.195 e. The molecule has 0 saturated heterocycles. The molecule has 0 N–H and O–H groups in total. The highest BCUT2D eigenvalue weighted by atomic mass is 127. The molecule has 0 aliphatic heterocycles. The number of pyridine rings is 1. The summed E-state index contributed by atoms with van der Waals surface area (Å²) in [6.45, 7) is 1.92. The summed E-state index contributed by atoms with van der Waals surface area (Å²) >= 11 is 3.79. The van der Waals surface area contributed by atoms with Crippen LogP contribution in [0.1, 0.15) is 21.5 Å². The van der Waals surface area contributed by atoms with Gasteiger partial charge in [-0.15, -0.1) is 11.3 Å². The second kappa shape index (κ2) is 4.40. The molecular formula is C11H8INOS. The summed E-state index contributed by atoms with van der Waals surface area (Å²) in [6, 6.07) is 3.75. The molecule has 0 spiro atoms. The summed E-state index contributed by atoms with van der Waals surface area (Å²) < 4.78 is 1.12. The molecule has 0 unspecified atom stereocenters. The summed E-state index contributed by atoms with van der Waals surface area (Å²) in [5.41, 5.74) is 2.41. The highest BCUT2D eigenvalue weighted by Gasteiger charge is 2.12. The van der Waals surface area contributed by atoms with Gasteiger partial charge in [0.15, 0.2) is 5.78 Å². The van der Waals surface area contributed by atoms with E-state index in [1.54, 1.807) is 23.7 Å². The molecule has 2 nitrogen and oxygen atoms in total. The second-order valence-corrected chi connectivity index (χ2v) is 5.96. The van der Waals surface area contributed by atoms with Crippen LogP contribution in [0.2, 0.25) is 0 Å². The predicted molar refractivity (Wildman–Crippen MR) is 69.4 cm³/mol. The van der Waals surface area contributed by atoms with Crippen LogP contribution in [0.4, 0.5) is 0 Å². The van der Waals surface area contributed by atoms with Crippen molar-refractivity contribution in [2.24, 2.45) is 0 Å². The van der Waals surface area contributed by atoms with Gasteiger partial charge in [0.2, 0.25) is 0 Å². The van der Waals surface area contributed by atoms with Gasteiger partial charge in [-0.2, -0.15) is 0 Å². The summed E-state index contributed by atoms with van der Waals surface area (Å²) in [7, 11) is 0. The Labute approximate surface area is 106 Å². The van der Waals surface area contributed by atoms with Crippen molar-refractivity contribution < 1.29 is 4.79 Å². The first-order valence-corrected chi connectivity index (χ1v) is 6.33. The molecule has 0 atom stereocenters. The third-order valence-corrected chi connectivity index (χ3v) is 3.90.